The van der Waals surface area contributed by atoms with Crippen LogP contribution in [0, 0.1) is 5.82 Å². The van der Waals surface area contributed by atoms with Crippen LogP contribution in [0.15, 0.2) is 42.5 Å². The summed E-state index contributed by atoms with van der Waals surface area (Å²) in [6.07, 6.45) is 1.80. The standard InChI is InChI=1S/C19H13ClFNO2/c20-12-5-3-7-14-16(12)15(11-4-1-2-6-13(11)21)17(19(23)24)18(22-14)10-8-9-10/h1-7,10H,8-9H2,(H,23,24). The highest BCUT2D eigenvalue weighted by atomic mass is 35.5. The fourth-order valence-corrected chi connectivity index (χ4v) is 3.36. The van der Waals surface area contributed by atoms with Crippen LogP contribution in [0.3, 0.4) is 0 Å². The Balaban J connectivity index is 2.21. The van der Waals surface area contributed by atoms with Crippen LogP contribution < -0.4 is 0 Å². The summed E-state index contributed by atoms with van der Waals surface area (Å²) in [5.41, 5.74) is 1.72. The van der Waals surface area contributed by atoms with E-state index in [4.69, 9.17) is 11.6 Å². The molecule has 1 fully saturated rings. The Labute approximate surface area is 142 Å². The molecule has 0 radical (unpaired) electrons. The van der Waals surface area contributed by atoms with E-state index in [-0.39, 0.29) is 17.0 Å². The zero-order valence-electron chi connectivity index (χ0n) is 12.6. The van der Waals surface area contributed by atoms with Crippen molar-refractivity contribution in [2.45, 2.75) is 18.8 Å². The maximum absolute atomic E-state index is 14.5. The molecule has 0 atom stereocenters. The smallest absolute Gasteiger partial charge is 0.338 e. The first-order valence-corrected chi connectivity index (χ1v) is 8.06. The van der Waals surface area contributed by atoms with Gasteiger partial charge in [0, 0.05) is 22.4 Å². The van der Waals surface area contributed by atoms with Crippen LogP contribution in [0.25, 0.3) is 22.0 Å². The molecule has 0 unspecified atom stereocenters. The number of carbonyl (C=O) groups is 1. The lowest BCUT2D eigenvalue weighted by atomic mass is 9.92. The summed E-state index contributed by atoms with van der Waals surface area (Å²) in [6.45, 7) is 0. The molecule has 0 bridgehead atoms. The molecule has 0 amide bonds. The van der Waals surface area contributed by atoms with Crippen molar-refractivity contribution >= 4 is 28.5 Å². The number of benzene rings is 2. The molecular weight excluding hydrogens is 329 g/mol. The fourth-order valence-electron chi connectivity index (χ4n) is 3.09. The van der Waals surface area contributed by atoms with Gasteiger partial charge in [0.25, 0.3) is 0 Å². The molecule has 1 heterocycles. The first kappa shape index (κ1) is 15.1. The SMILES string of the molecule is O=C(O)c1c(C2CC2)nc2cccc(Cl)c2c1-c1ccccc1F. The van der Waals surface area contributed by atoms with E-state index in [2.05, 4.69) is 4.98 Å². The topological polar surface area (TPSA) is 50.2 Å². The molecule has 0 aliphatic heterocycles. The van der Waals surface area contributed by atoms with E-state index in [1.54, 1.807) is 36.4 Å². The zero-order chi connectivity index (χ0) is 16.8. The largest absolute Gasteiger partial charge is 0.478 e. The number of nitrogens with zero attached hydrogens (tertiary/aromatic N) is 1. The van der Waals surface area contributed by atoms with E-state index in [0.717, 1.165) is 12.8 Å². The predicted molar refractivity (Wildman–Crippen MR) is 91.1 cm³/mol. The van der Waals surface area contributed by atoms with Crippen LogP contribution in [0.2, 0.25) is 5.02 Å². The molecule has 120 valence electrons. The number of fused-ring (bicyclic) bond motifs is 1. The number of hydrogen-bond donors (Lipinski definition) is 1. The number of halogens is 2. The van der Waals surface area contributed by atoms with Crippen LogP contribution in [0.4, 0.5) is 4.39 Å². The summed E-state index contributed by atoms with van der Waals surface area (Å²) in [5.74, 6) is -1.47. The molecule has 4 rings (SSSR count). The summed E-state index contributed by atoms with van der Waals surface area (Å²) < 4.78 is 14.5. The molecule has 1 N–H and O–H groups in total. The number of hydrogen-bond acceptors (Lipinski definition) is 2. The second-order valence-corrected chi connectivity index (χ2v) is 6.35. The molecule has 5 heteroatoms. The van der Waals surface area contributed by atoms with Gasteiger partial charge in [0.05, 0.1) is 21.8 Å². The van der Waals surface area contributed by atoms with Crippen molar-refractivity contribution in [3.05, 3.63) is 64.6 Å². The normalized spacial score (nSPS) is 14.1. The monoisotopic (exact) mass is 341 g/mol. The summed E-state index contributed by atoms with van der Waals surface area (Å²) in [7, 11) is 0. The highest BCUT2D eigenvalue weighted by molar-refractivity contribution is 6.37. The third kappa shape index (κ3) is 2.34. The molecule has 1 saturated carbocycles. The molecule has 1 aromatic heterocycles. The van der Waals surface area contributed by atoms with Crippen molar-refractivity contribution in [3.8, 4) is 11.1 Å². The predicted octanol–water partition coefficient (Wildman–Crippen LogP) is 5.27. The molecule has 3 aromatic rings. The molecular formula is C19H13ClFNO2. The molecule has 0 saturated heterocycles. The van der Waals surface area contributed by atoms with Gasteiger partial charge < -0.3 is 5.11 Å². The first-order valence-electron chi connectivity index (χ1n) is 7.68. The van der Waals surface area contributed by atoms with Gasteiger partial charge >= 0.3 is 5.97 Å². The van der Waals surface area contributed by atoms with E-state index in [1.165, 1.54) is 6.07 Å². The number of aromatic carboxylic acids is 1. The van der Waals surface area contributed by atoms with Gasteiger partial charge in [-0.1, -0.05) is 35.9 Å². The Bertz CT molecular complexity index is 983. The average molecular weight is 342 g/mol. The summed E-state index contributed by atoms with van der Waals surface area (Å²) >= 11 is 6.33. The average Bonchev–Trinajstić information content (AvgIpc) is 3.38. The Morgan fingerprint density at radius 2 is 1.92 bits per heavy atom. The van der Waals surface area contributed by atoms with Gasteiger partial charge in [-0.3, -0.25) is 4.98 Å². The minimum atomic E-state index is -1.11. The van der Waals surface area contributed by atoms with Crippen molar-refractivity contribution in [1.29, 1.82) is 0 Å². The third-order valence-corrected chi connectivity index (χ3v) is 4.62. The van der Waals surface area contributed by atoms with Gasteiger partial charge in [-0.05, 0) is 31.0 Å². The van der Waals surface area contributed by atoms with Crippen LogP contribution >= 0.6 is 11.6 Å². The fraction of sp³-hybridized carbons (Fsp3) is 0.158. The van der Waals surface area contributed by atoms with Gasteiger partial charge in [-0.2, -0.15) is 0 Å². The lowest BCUT2D eigenvalue weighted by Crippen LogP contribution is -2.09. The van der Waals surface area contributed by atoms with Crippen molar-refractivity contribution in [1.82, 2.24) is 4.98 Å². The van der Waals surface area contributed by atoms with E-state index in [0.29, 0.717) is 27.2 Å². The number of pyridine rings is 1. The number of carboxylic acids is 1. The second kappa shape index (κ2) is 5.56. The summed E-state index contributed by atoms with van der Waals surface area (Å²) in [4.78, 5) is 16.6. The van der Waals surface area contributed by atoms with E-state index in [9.17, 15) is 14.3 Å². The van der Waals surface area contributed by atoms with Crippen molar-refractivity contribution in [2.75, 3.05) is 0 Å². The highest BCUT2D eigenvalue weighted by Crippen LogP contribution is 2.46. The molecule has 1 aliphatic rings. The van der Waals surface area contributed by atoms with Crippen LogP contribution in [-0.4, -0.2) is 16.1 Å². The van der Waals surface area contributed by atoms with E-state index < -0.39 is 11.8 Å². The zero-order valence-corrected chi connectivity index (χ0v) is 13.3. The van der Waals surface area contributed by atoms with Gasteiger partial charge in [-0.25, -0.2) is 9.18 Å². The van der Waals surface area contributed by atoms with Gasteiger partial charge in [0.2, 0.25) is 0 Å². The van der Waals surface area contributed by atoms with E-state index in [1.807, 2.05) is 0 Å². The van der Waals surface area contributed by atoms with Crippen LogP contribution in [0.5, 0.6) is 0 Å². The number of carboxylic acid groups (broad SMARTS) is 1. The minimum absolute atomic E-state index is 0.0585. The third-order valence-electron chi connectivity index (χ3n) is 4.31. The Kier molecular flexibility index (Phi) is 3.50. The minimum Gasteiger partial charge on any atom is -0.478 e. The lowest BCUT2D eigenvalue weighted by molar-refractivity contribution is 0.0696. The molecule has 2 aromatic carbocycles. The Morgan fingerprint density at radius 3 is 2.58 bits per heavy atom. The van der Waals surface area contributed by atoms with E-state index >= 15 is 0 Å². The quantitative estimate of drug-likeness (QED) is 0.706. The summed E-state index contributed by atoms with van der Waals surface area (Å²) in [5, 5.41) is 10.7. The first-order chi connectivity index (χ1) is 11.6. The van der Waals surface area contributed by atoms with Gasteiger partial charge in [0.1, 0.15) is 5.82 Å². The summed E-state index contributed by atoms with van der Waals surface area (Å²) in [6, 6.07) is 11.4. The van der Waals surface area contributed by atoms with Crippen LogP contribution in [0.1, 0.15) is 34.8 Å². The Morgan fingerprint density at radius 1 is 1.17 bits per heavy atom. The number of rotatable bonds is 3. The molecule has 24 heavy (non-hydrogen) atoms. The second-order valence-electron chi connectivity index (χ2n) is 5.94. The van der Waals surface area contributed by atoms with Gasteiger partial charge in [-0.15, -0.1) is 0 Å². The van der Waals surface area contributed by atoms with Crippen molar-refractivity contribution < 1.29 is 14.3 Å². The van der Waals surface area contributed by atoms with Gasteiger partial charge in [0.15, 0.2) is 0 Å². The van der Waals surface area contributed by atoms with Crippen molar-refractivity contribution in [3.63, 3.8) is 0 Å². The molecule has 3 nitrogen and oxygen atoms in total. The lowest BCUT2D eigenvalue weighted by Gasteiger charge is -2.16. The molecule has 0 spiro atoms. The van der Waals surface area contributed by atoms with Crippen LogP contribution in [-0.2, 0) is 0 Å². The Hall–Kier alpha value is -2.46. The number of aromatic nitrogens is 1. The maximum atomic E-state index is 14.5. The maximum Gasteiger partial charge on any atom is 0.338 e. The van der Waals surface area contributed by atoms with Crippen molar-refractivity contribution in [2.24, 2.45) is 0 Å². The molecule has 1 aliphatic carbocycles. The highest BCUT2D eigenvalue weighted by Gasteiger charge is 2.33.